The first kappa shape index (κ1) is 29.3. The van der Waals surface area contributed by atoms with Gasteiger partial charge in [-0.15, -0.1) is 0 Å². The quantitative estimate of drug-likeness (QED) is 0.123. The van der Waals surface area contributed by atoms with Gasteiger partial charge in [-0.25, -0.2) is 0 Å². The van der Waals surface area contributed by atoms with E-state index in [2.05, 4.69) is 23.3 Å². The summed E-state index contributed by atoms with van der Waals surface area (Å²) in [4.78, 5) is 63.9. The number of carbonyl (C=O) groups is 6. The number of nitrogens with two attached hydrogens (primary N) is 3. The topological polar surface area (TPSA) is 265 Å². The Balaban J connectivity index is 0. The number of carboxylic acids is 3. The van der Waals surface area contributed by atoms with Crippen LogP contribution >= 0.6 is 12.6 Å². The van der Waals surface area contributed by atoms with Crippen molar-refractivity contribution in [3.8, 4) is 0 Å². The van der Waals surface area contributed by atoms with Crippen molar-refractivity contribution in [3.63, 3.8) is 0 Å². The molecule has 0 rings (SSSR count). The van der Waals surface area contributed by atoms with E-state index in [4.69, 9.17) is 32.5 Å². The Morgan fingerprint density at radius 3 is 1.70 bits per heavy atom. The normalized spacial score (nSPS) is 12.9. The zero-order valence-corrected chi connectivity index (χ0v) is 16.8. The van der Waals surface area contributed by atoms with Crippen molar-refractivity contribution in [1.29, 1.82) is 0 Å². The summed E-state index contributed by atoms with van der Waals surface area (Å²) in [6.45, 7) is -0.567. The van der Waals surface area contributed by atoms with Gasteiger partial charge in [-0.1, -0.05) is 0 Å². The van der Waals surface area contributed by atoms with Crippen LogP contribution in [0, 0.1) is 0 Å². The van der Waals surface area contributed by atoms with Crippen LogP contribution in [0.1, 0.15) is 25.7 Å². The number of hydrogen-bond acceptors (Lipinski definition) is 9. The fourth-order valence-corrected chi connectivity index (χ4v) is 1.83. The molecular weight excluding hydrogens is 426 g/mol. The van der Waals surface area contributed by atoms with Crippen molar-refractivity contribution in [3.05, 3.63) is 0 Å². The van der Waals surface area contributed by atoms with Gasteiger partial charge in [0.2, 0.25) is 17.7 Å². The van der Waals surface area contributed by atoms with Gasteiger partial charge in [0.25, 0.3) is 0 Å². The van der Waals surface area contributed by atoms with Gasteiger partial charge in [0, 0.05) is 18.6 Å². The first-order valence-electron chi connectivity index (χ1n) is 8.46. The molecule has 3 atom stereocenters. The molecule has 0 aromatic carbocycles. The molecule has 11 N–H and O–H groups in total. The largest absolute Gasteiger partial charge is 0.480 e. The average Bonchev–Trinajstić information content (AvgIpc) is 2.66. The molecule has 0 saturated carbocycles. The lowest BCUT2D eigenvalue weighted by atomic mass is 10.1. The van der Waals surface area contributed by atoms with Crippen LogP contribution in [0.2, 0.25) is 0 Å². The molecule has 3 amide bonds. The van der Waals surface area contributed by atoms with Crippen molar-refractivity contribution < 1.29 is 44.1 Å². The number of primary amides is 1. The minimum atomic E-state index is -1.22. The molecule has 14 nitrogen and oxygen atoms in total. The number of nitrogens with one attached hydrogen (secondary N) is 2. The van der Waals surface area contributed by atoms with Crippen LogP contribution < -0.4 is 27.8 Å². The smallest absolute Gasteiger partial charge is 0.322 e. The maximum Gasteiger partial charge on any atom is 0.322 e. The Bertz CT molecular complexity index is 632. The summed E-state index contributed by atoms with van der Waals surface area (Å²) in [5.74, 6) is -5.34. The van der Waals surface area contributed by atoms with E-state index in [1.54, 1.807) is 0 Å². The highest BCUT2D eigenvalue weighted by atomic mass is 32.1. The van der Waals surface area contributed by atoms with E-state index < -0.39 is 60.3 Å². The van der Waals surface area contributed by atoms with Crippen molar-refractivity contribution in [2.24, 2.45) is 17.2 Å². The maximum absolute atomic E-state index is 11.5. The molecule has 0 bridgehead atoms. The zero-order valence-electron chi connectivity index (χ0n) is 15.9. The Labute approximate surface area is 176 Å². The second kappa shape index (κ2) is 15.9. The van der Waals surface area contributed by atoms with Crippen molar-refractivity contribution in [1.82, 2.24) is 10.6 Å². The van der Waals surface area contributed by atoms with Gasteiger partial charge in [0.05, 0.1) is 0 Å². The van der Waals surface area contributed by atoms with Crippen LogP contribution in [0.4, 0.5) is 0 Å². The van der Waals surface area contributed by atoms with E-state index in [9.17, 15) is 28.8 Å². The summed E-state index contributed by atoms with van der Waals surface area (Å²) in [6, 6.07) is -3.13. The van der Waals surface area contributed by atoms with Crippen molar-refractivity contribution in [2.75, 3.05) is 12.3 Å². The van der Waals surface area contributed by atoms with Crippen molar-refractivity contribution in [2.45, 2.75) is 43.8 Å². The highest BCUT2D eigenvalue weighted by Gasteiger charge is 2.21. The predicted octanol–water partition coefficient (Wildman–Crippen LogP) is -3.54. The fourth-order valence-electron chi connectivity index (χ4n) is 1.58. The van der Waals surface area contributed by atoms with Crippen molar-refractivity contribution >= 4 is 48.3 Å². The summed E-state index contributed by atoms with van der Waals surface area (Å²) in [7, 11) is 0. The van der Waals surface area contributed by atoms with Gasteiger partial charge in [0.1, 0.15) is 24.7 Å². The molecule has 0 aliphatic rings. The fraction of sp³-hybridized carbons (Fsp3) is 0.600. The molecule has 172 valence electrons. The average molecular weight is 453 g/mol. The monoisotopic (exact) mass is 453 g/mol. The van der Waals surface area contributed by atoms with E-state index >= 15 is 0 Å². The molecule has 0 heterocycles. The van der Waals surface area contributed by atoms with Gasteiger partial charge < -0.3 is 43.2 Å². The summed E-state index contributed by atoms with van der Waals surface area (Å²) in [6.07, 6.45) is -0.112. The number of carboxylic acid groups (broad SMARTS) is 3. The van der Waals surface area contributed by atoms with Crippen LogP contribution in [0.25, 0.3) is 0 Å². The molecule has 15 heteroatoms. The predicted molar refractivity (Wildman–Crippen MR) is 105 cm³/mol. The molecule has 0 aliphatic heterocycles. The first-order valence-corrected chi connectivity index (χ1v) is 9.09. The van der Waals surface area contributed by atoms with Crippen LogP contribution in [-0.2, 0) is 28.8 Å². The zero-order chi connectivity index (χ0) is 23.9. The number of hydrogen-bond donors (Lipinski definition) is 9. The van der Waals surface area contributed by atoms with Gasteiger partial charge in [-0.2, -0.15) is 12.6 Å². The number of rotatable bonds is 13. The molecule has 0 aromatic rings. The molecular formula is C15H27N5O9S. The van der Waals surface area contributed by atoms with Gasteiger partial charge in [0.15, 0.2) is 0 Å². The molecule has 0 fully saturated rings. The third-order valence-electron chi connectivity index (χ3n) is 3.27. The summed E-state index contributed by atoms with van der Waals surface area (Å²) in [5, 5.41) is 29.6. The van der Waals surface area contributed by atoms with E-state index in [0.29, 0.717) is 0 Å². The second-order valence-electron chi connectivity index (χ2n) is 5.85. The van der Waals surface area contributed by atoms with Crippen LogP contribution in [0.5, 0.6) is 0 Å². The third-order valence-corrected chi connectivity index (χ3v) is 3.63. The van der Waals surface area contributed by atoms with E-state index in [1.165, 1.54) is 0 Å². The molecule has 0 spiro atoms. The highest BCUT2D eigenvalue weighted by molar-refractivity contribution is 7.80. The number of aliphatic carboxylic acids is 3. The molecule has 0 radical (unpaired) electrons. The SMILES string of the molecule is NC(=O)CCC(N)C(=O)O.NC(CCC(=O)NC(CS)C(=O)NCC(=O)O)C(=O)O. The lowest BCUT2D eigenvalue weighted by Gasteiger charge is -2.16. The lowest BCUT2D eigenvalue weighted by molar-refractivity contribution is -0.140. The lowest BCUT2D eigenvalue weighted by Crippen LogP contribution is -2.49. The molecule has 0 aromatic heterocycles. The minimum absolute atomic E-state index is 0.0213. The second-order valence-corrected chi connectivity index (χ2v) is 6.21. The van der Waals surface area contributed by atoms with Crippen LogP contribution in [0.15, 0.2) is 0 Å². The van der Waals surface area contributed by atoms with Gasteiger partial charge in [-0.3, -0.25) is 28.8 Å². The molecule has 30 heavy (non-hydrogen) atoms. The third kappa shape index (κ3) is 16.1. The Hall–Kier alpha value is -2.91. The minimum Gasteiger partial charge on any atom is -0.480 e. The number of thiol groups is 1. The summed E-state index contributed by atoms with van der Waals surface area (Å²) in [5.41, 5.74) is 15.0. The summed E-state index contributed by atoms with van der Waals surface area (Å²) >= 11 is 3.87. The Morgan fingerprint density at radius 2 is 1.33 bits per heavy atom. The van der Waals surface area contributed by atoms with Crippen LogP contribution in [-0.4, -0.2) is 81.4 Å². The van der Waals surface area contributed by atoms with E-state index in [1.807, 2.05) is 0 Å². The summed E-state index contributed by atoms with van der Waals surface area (Å²) < 4.78 is 0. The molecule has 3 unspecified atom stereocenters. The van der Waals surface area contributed by atoms with Gasteiger partial charge in [-0.05, 0) is 12.8 Å². The Morgan fingerprint density at radius 1 is 0.867 bits per heavy atom. The molecule has 0 saturated heterocycles. The number of carbonyl (C=O) groups excluding carboxylic acids is 3. The molecule has 0 aliphatic carbocycles. The van der Waals surface area contributed by atoms with E-state index in [0.717, 1.165) is 0 Å². The Kier molecular flexibility index (Phi) is 15.6. The van der Waals surface area contributed by atoms with Crippen LogP contribution in [0.3, 0.4) is 0 Å². The number of amides is 3. The highest BCUT2D eigenvalue weighted by Crippen LogP contribution is 1.97. The standard InChI is InChI=1S/C10H17N3O6S.C5H10N2O3/c11-5(10(18)19)1-2-7(14)13-6(4-20)9(17)12-3-8(15)16;6-3(5(9)10)1-2-4(7)8/h5-6,20H,1-4,11H2,(H,12,17)(H,13,14)(H,15,16)(H,18,19);3H,1-2,6H2,(H2,7,8)(H,9,10). The van der Waals surface area contributed by atoms with E-state index in [-0.39, 0.29) is 31.4 Å². The maximum atomic E-state index is 11.5. The van der Waals surface area contributed by atoms with Gasteiger partial charge >= 0.3 is 17.9 Å². The first-order chi connectivity index (χ1) is 13.8.